The van der Waals surface area contributed by atoms with Crippen LogP contribution < -0.4 is 51.4 Å². The predicted molar refractivity (Wildman–Crippen MR) is 79.0 cm³/mol. The quantitative estimate of drug-likeness (QED) is 0.0607. The number of hydrogen-bond acceptors (Lipinski definition) is 11. The molecular formula is C11H18KNO9S2. The molecule has 0 spiro atoms. The normalized spacial score (nSPS) is 31.2. The standard InChI is InChI=1S/C11H19NO9S2.K/c1-2-3-4-7(12-21-23(17,18)19)22-11-10(16)9(15)8(14)6(5-13)20-11;/h2,6,8-11,13-16H,1,3-5H2,(H,17,18,19);/q;+1/p-1/b12-7-;. The molecule has 24 heavy (non-hydrogen) atoms. The van der Waals surface area contributed by atoms with Crippen molar-refractivity contribution in [3.05, 3.63) is 12.7 Å². The molecule has 0 aromatic heterocycles. The van der Waals surface area contributed by atoms with E-state index in [1.54, 1.807) is 0 Å². The summed E-state index contributed by atoms with van der Waals surface area (Å²) in [6, 6.07) is 0. The number of aliphatic hydroxyl groups is 4. The van der Waals surface area contributed by atoms with Gasteiger partial charge in [0.2, 0.25) is 0 Å². The van der Waals surface area contributed by atoms with Gasteiger partial charge in [0, 0.05) is 6.42 Å². The fourth-order valence-corrected chi connectivity index (χ4v) is 3.05. The topological polar surface area (TPSA) is 169 Å². The summed E-state index contributed by atoms with van der Waals surface area (Å²) in [4.78, 5) is 0. The van der Waals surface area contributed by atoms with E-state index in [-0.39, 0.29) is 62.8 Å². The maximum absolute atomic E-state index is 10.5. The van der Waals surface area contributed by atoms with E-state index in [9.17, 15) is 28.3 Å². The first-order valence-electron chi connectivity index (χ1n) is 6.49. The van der Waals surface area contributed by atoms with Crippen LogP contribution in [0.15, 0.2) is 17.8 Å². The first-order chi connectivity index (χ1) is 10.7. The molecule has 1 heterocycles. The molecule has 1 fully saturated rings. The van der Waals surface area contributed by atoms with Crippen LogP contribution in [-0.4, -0.2) is 74.9 Å². The summed E-state index contributed by atoms with van der Waals surface area (Å²) < 4.78 is 40.4. The average molecular weight is 411 g/mol. The van der Waals surface area contributed by atoms with Crippen LogP contribution in [0, 0.1) is 0 Å². The van der Waals surface area contributed by atoms with Gasteiger partial charge < -0.3 is 29.7 Å². The summed E-state index contributed by atoms with van der Waals surface area (Å²) in [6.07, 6.45) is -3.73. The van der Waals surface area contributed by atoms with Gasteiger partial charge in [-0.05, 0) is 6.42 Å². The van der Waals surface area contributed by atoms with E-state index in [2.05, 4.69) is 16.0 Å². The van der Waals surface area contributed by atoms with Crippen LogP contribution in [0.1, 0.15) is 12.8 Å². The molecule has 10 nitrogen and oxygen atoms in total. The first-order valence-corrected chi connectivity index (χ1v) is 8.70. The maximum Gasteiger partial charge on any atom is 1.00 e. The van der Waals surface area contributed by atoms with Crippen LogP contribution >= 0.6 is 11.8 Å². The zero-order chi connectivity index (χ0) is 17.6. The van der Waals surface area contributed by atoms with Crippen molar-refractivity contribution in [1.29, 1.82) is 0 Å². The second-order valence-corrected chi connectivity index (χ2v) is 6.75. The van der Waals surface area contributed by atoms with Gasteiger partial charge in [-0.25, -0.2) is 0 Å². The molecule has 1 aliphatic rings. The Balaban J connectivity index is 0.00000529. The molecule has 1 saturated heterocycles. The number of hydrogen-bond donors (Lipinski definition) is 4. The van der Waals surface area contributed by atoms with E-state index < -0.39 is 46.9 Å². The second-order valence-electron chi connectivity index (χ2n) is 4.61. The van der Waals surface area contributed by atoms with Crippen LogP contribution in [0.25, 0.3) is 0 Å². The third-order valence-corrected chi connectivity index (χ3v) is 4.32. The largest absolute Gasteiger partial charge is 1.00 e. The third kappa shape index (κ3) is 8.07. The van der Waals surface area contributed by atoms with E-state index >= 15 is 0 Å². The minimum absolute atomic E-state index is 0. The number of aliphatic hydroxyl groups excluding tert-OH is 4. The number of oxime groups is 1. The second kappa shape index (κ2) is 11.6. The molecule has 1 aliphatic heterocycles. The van der Waals surface area contributed by atoms with Crippen molar-refractivity contribution >= 4 is 27.2 Å². The molecule has 5 atom stereocenters. The van der Waals surface area contributed by atoms with E-state index in [1.165, 1.54) is 6.08 Å². The molecule has 0 aromatic rings. The first kappa shape index (κ1) is 24.9. The fourth-order valence-electron chi connectivity index (χ4n) is 1.74. The molecule has 4 N–H and O–H groups in total. The van der Waals surface area contributed by atoms with Crippen molar-refractivity contribution in [3.8, 4) is 0 Å². The van der Waals surface area contributed by atoms with Crippen molar-refractivity contribution in [2.75, 3.05) is 6.61 Å². The Hall–Kier alpha value is 0.906. The number of allylic oxidation sites excluding steroid dienone is 1. The Morgan fingerprint density at radius 3 is 2.46 bits per heavy atom. The molecule has 0 saturated carbocycles. The van der Waals surface area contributed by atoms with Gasteiger partial charge in [0.25, 0.3) is 10.4 Å². The van der Waals surface area contributed by atoms with E-state index in [0.717, 1.165) is 0 Å². The Morgan fingerprint density at radius 2 is 1.96 bits per heavy atom. The average Bonchev–Trinajstić information content (AvgIpc) is 2.49. The third-order valence-electron chi connectivity index (χ3n) is 2.89. The molecule has 0 amide bonds. The van der Waals surface area contributed by atoms with Gasteiger partial charge in [0.15, 0.2) is 0 Å². The maximum atomic E-state index is 10.5. The van der Waals surface area contributed by atoms with Crippen molar-refractivity contribution in [2.45, 2.75) is 42.7 Å². The van der Waals surface area contributed by atoms with Gasteiger partial charge in [0.05, 0.1) is 6.61 Å². The van der Waals surface area contributed by atoms with Gasteiger partial charge in [0.1, 0.15) is 34.9 Å². The van der Waals surface area contributed by atoms with E-state index in [1.807, 2.05) is 0 Å². The van der Waals surface area contributed by atoms with Crippen LogP contribution in [-0.2, 0) is 19.4 Å². The Labute approximate surface area is 186 Å². The number of nitrogens with zero attached hydrogens (tertiary/aromatic N) is 1. The summed E-state index contributed by atoms with van der Waals surface area (Å²) in [5.74, 6) is 0. The SMILES string of the molecule is C=CCC/C(=N/OS(=O)(=O)[O-])SC1OC(CO)C(O)C(O)C1O.[K+]. The molecule has 1 rings (SSSR count). The van der Waals surface area contributed by atoms with Gasteiger partial charge in [-0.2, -0.15) is 8.42 Å². The smallest absolute Gasteiger partial charge is 0.714 e. The van der Waals surface area contributed by atoms with E-state index in [0.29, 0.717) is 18.2 Å². The Morgan fingerprint density at radius 1 is 1.33 bits per heavy atom. The van der Waals surface area contributed by atoms with Gasteiger partial charge >= 0.3 is 51.4 Å². The summed E-state index contributed by atoms with van der Waals surface area (Å²) in [6.45, 7) is 2.87. The van der Waals surface area contributed by atoms with Crippen LogP contribution in [0.2, 0.25) is 0 Å². The summed E-state index contributed by atoms with van der Waals surface area (Å²) in [5, 5.41) is 41.5. The van der Waals surface area contributed by atoms with E-state index in [4.69, 9.17) is 9.84 Å². The minimum atomic E-state index is -5.04. The summed E-state index contributed by atoms with van der Waals surface area (Å²) in [7, 11) is -5.04. The zero-order valence-corrected chi connectivity index (χ0v) is 17.6. The van der Waals surface area contributed by atoms with Crippen molar-refractivity contribution in [1.82, 2.24) is 0 Å². The van der Waals surface area contributed by atoms with Crippen LogP contribution in [0.4, 0.5) is 0 Å². The minimum Gasteiger partial charge on any atom is -0.714 e. The molecule has 13 heteroatoms. The molecule has 0 aliphatic carbocycles. The van der Waals surface area contributed by atoms with Crippen LogP contribution in [0.5, 0.6) is 0 Å². The molecule has 134 valence electrons. The van der Waals surface area contributed by atoms with Gasteiger partial charge in [-0.3, -0.25) is 4.28 Å². The monoisotopic (exact) mass is 411 g/mol. The number of thioether (sulfide) groups is 1. The Bertz CT molecular complexity index is 528. The number of rotatable bonds is 7. The van der Waals surface area contributed by atoms with Crippen molar-refractivity contribution in [3.63, 3.8) is 0 Å². The zero-order valence-electron chi connectivity index (χ0n) is 12.9. The molecular weight excluding hydrogens is 393 g/mol. The predicted octanol–water partition coefficient (Wildman–Crippen LogP) is -4.72. The van der Waals surface area contributed by atoms with Crippen molar-refractivity contribution in [2.24, 2.45) is 5.16 Å². The number of ether oxygens (including phenoxy) is 1. The molecule has 0 aromatic carbocycles. The molecule has 5 unspecified atom stereocenters. The summed E-state index contributed by atoms with van der Waals surface area (Å²) >= 11 is 0.699. The van der Waals surface area contributed by atoms with Crippen LogP contribution in [0.3, 0.4) is 0 Å². The summed E-state index contributed by atoms with van der Waals surface area (Å²) in [5.41, 5.74) is -1.16. The fraction of sp³-hybridized carbons (Fsp3) is 0.727. The Kier molecular flexibility index (Phi) is 12.0. The molecule has 0 bridgehead atoms. The van der Waals surface area contributed by atoms with Gasteiger partial charge in [-0.15, -0.1) is 6.58 Å². The van der Waals surface area contributed by atoms with Crippen molar-refractivity contribution < 1.29 is 93.8 Å². The van der Waals surface area contributed by atoms with Gasteiger partial charge in [-0.1, -0.05) is 23.0 Å². The molecule has 0 radical (unpaired) electrons.